The third-order valence-corrected chi connectivity index (χ3v) is 7.30. The molecule has 0 radical (unpaired) electrons. The van der Waals surface area contributed by atoms with E-state index in [0.717, 1.165) is 33.4 Å². The maximum atomic E-state index is 13.5. The van der Waals surface area contributed by atoms with Crippen molar-refractivity contribution in [1.29, 1.82) is 0 Å². The topological polar surface area (TPSA) is 88.2 Å². The van der Waals surface area contributed by atoms with Crippen molar-refractivity contribution in [3.8, 4) is 11.3 Å². The van der Waals surface area contributed by atoms with Crippen molar-refractivity contribution in [2.75, 3.05) is 24.5 Å². The highest BCUT2D eigenvalue weighted by atomic mass is 19.3. The summed E-state index contributed by atoms with van der Waals surface area (Å²) in [6.45, 7) is 4.21. The molecule has 3 heterocycles. The summed E-state index contributed by atoms with van der Waals surface area (Å²) in [7, 11) is 0. The van der Waals surface area contributed by atoms with E-state index < -0.39 is 5.92 Å². The van der Waals surface area contributed by atoms with Crippen molar-refractivity contribution in [1.82, 2.24) is 20.1 Å². The number of carbonyl (C=O) groups is 1. The van der Waals surface area contributed by atoms with Crippen LogP contribution in [-0.4, -0.2) is 57.6 Å². The van der Waals surface area contributed by atoms with Gasteiger partial charge in [0, 0.05) is 79.7 Å². The first-order chi connectivity index (χ1) is 16.9. The quantitative estimate of drug-likeness (QED) is 0.607. The average Bonchev–Trinajstić information content (AvgIpc) is 2.88. The van der Waals surface area contributed by atoms with Gasteiger partial charge in [-0.1, -0.05) is 24.3 Å². The zero-order valence-corrected chi connectivity index (χ0v) is 19.8. The fourth-order valence-corrected chi connectivity index (χ4v) is 5.23. The first-order valence-electron chi connectivity index (χ1n) is 12.2. The summed E-state index contributed by atoms with van der Waals surface area (Å²) in [6.07, 6.45) is 3.67. The zero-order chi connectivity index (χ0) is 24.6. The Hall–Kier alpha value is -3.20. The van der Waals surface area contributed by atoms with Gasteiger partial charge in [-0.05, 0) is 31.4 Å². The zero-order valence-electron chi connectivity index (χ0n) is 19.8. The first kappa shape index (κ1) is 23.5. The van der Waals surface area contributed by atoms with E-state index in [4.69, 9.17) is 5.73 Å². The fourth-order valence-electron chi connectivity index (χ4n) is 5.23. The van der Waals surface area contributed by atoms with E-state index in [0.29, 0.717) is 26.2 Å². The molecule has 2 aliphatic rings. The molecule has 1 aromatic carbocycles. The second-order valence-electron chi connectivity index (χ2n) is 9.65. The highest BCUT2D eigenvalue weighted by molar-refractivity contribution is 5.99. The van der Waals surface area contributed by atoms with Crippen molar-refractivity contribution >= 4 is 22.5 Å². The molecule has 3 aromatic rings. The van der Waals surface area contributed by atoms with Gasteiger partial charge in [0.25, 0.3) is 0 Å². The molecule has 2 aromatic heterocycles. The number of halogens is 2. The molecule has 7 nitrogen and oxygen atoms in total. The van der Waals surface area contributed by atoms with Gasteiger partial charge >= 0.3 is 0 Å². The lowest BCUT2D eigenvalue weighted by Gasteiger charge is -2.42. The predicted molar refractivity (Wildman–Crippen MR) is 131 cm³/mol. The van der Waals surface area contributed by atoms with Crippen LogP contribution in [-0.2, 0) is 11.3 Å². The molecule has 1 saturated carbocycles. The number of carbonyl (C=O) groups excluding carboxylic acids is 1. The van der Waals surface area contributed by atoms with E-state index in [2.05, 4.69) is 20.1 Å². The van der Waals surface area contributed by atoms with E-state index in [1.54, 1.807) is 6.20 Å². The van der Waals surface area contributed by atoms with E-state index in [-0.39, 0.29) is 43.6 Å². The normalized spacial score (nSPS) is 20.9. The third-order valence-electron chi connectivity index (χ3n) is 7.30. The number of piperazine rings is 1. The molecule has 2 N–H and O–H groups in total. The number of aromatic nitrogens is 3. The third kappa shape index (κ3) is 4.69. The number of fused-ring (bicyclic) bond motifs is 1. The van der Waals surface area contributed by atoms with Crippen LogP contribution in [0.4, 0.5) is 14.6 Å². The Labute approximate surface area is 203 Å². The van der Waals surface area contributed by atoms with Crippen LogP contribution in [0.1, 0.15) is 38.2 Å². The fraction of sp³-hybridized carbons (Fsp3) is 0.462. The molecule has 5 rings (SSSR count). The highest BCUT2D eigenvalue weighted by Crippen LogP contribution is 2.38. The second kappa shape index (κ2) is 9.45. The van der Waals surface area contributed by atoms with E-state index in [1.807, 2.05) is 48.4 Å². The summed E-state index contributed by atoms with van der Waals surface area (Å²) in [5.41, 5.74) is 8.52. The second-order valence-corrected chi connectivity index (χ2v) is 9.65. The summed E-state index contributed by atoms with van der Waals surface area (Å²) in [4.78, 5) is 21.4. The van der Waals surface area contributed by atoms with Crippen LogP contribution in [0.5, 0.6) is 0 Å². The smallest absolute Gasteiger partial charge is 0.248 e. The molecule has 1 saturated heterocycles. The molecule has 35 heavy (non-hydrogen) atoms. The molecular formula is C26H30F2N6O. The van der Waals surface area contributed by atoms with Crippen molar-refractivity contribution in [3.63, 3.8) is 0 Å². The van der Waals surface area contributed by atoms with Crippen LogP contribution < -0.4 is 10.6 Å². The number of nitrogens with zero attached hydrogens (tertiary/aromatic N) is 5. The molecule has 0 bridgehead atoms. The van der Waals surface area contributed by atoms with E-state index in [9.17, 15) is 13.6 Å². The summed E-state index contributed by atoms with van der Waals surface area (Å²) >= 11 is 0. The highest BCUT2D eigenvalue weighted by Gasteiger charge is 2.40. The number of anilines is 1. The van der Waals surface area contributed by atoms with Gasteiger partial charge < -0.3 is 15.5 Å². The van der Waals surface area contributed by atoms with Gasteiger partial charge in [0.1, 0.15) is 5.69 Å². The number of benzene rings is 1. The average molecular weight is 481 g/mol. The van der Waals surface area contributed by atoms with Crippen LogP contribution >= 0.6 is 0 Å². The number of rotatable bonds is 4. The maximum Gasteiger partial charge on any atom is 0.248 e. The molecule has 1 amide bonds. The standard InChI is InChI=1S/C26H30F2N6O/c1-17-16-33(12-13-34(17)25(35)20-6-9-26(27,28)10-7-20)24-22-15-30-11-8-21(22)23(31-32-24)19-4-2-18(14-29)3-5-19/h2-5,8,11,15,17,20H,6-7,9-10,12-14,16,29H2,1H3. The van der Waals surface area contributed by atoms with Gasteiger partial charge in [0.15, 0.2) is 5.82 Å². The van der Waals surface area contributed by atoms with Gasteiger partial charge in [-0.15, -0.1) is 10.2 Å². The van der Waals surface area contributed by atoms with Crippen molar-refractivity contribution < 1.29 is 13.6 Å². The lowest BCUT2D eigenvalue weighted by Crippen LogP contribution is -2.56. The van der Waals surface area contributed by atoms with Gasteiger partial charge in [-0.2, -0.15) is 0 Å². The molecule has 1 atom stereocenters. The number of pyridine rings is 1. The largest absolute Gasteiger partial charge is 0.351 e. The molecule has 9 heteroatoms. The van der Waals surface area contributed by atoms with Gasteiger partial charge in [-0.3, -0.25) is 9.78 Å². The van der Waals surface area contributed by atoms with Gasteiger partial charge in [-0.25, -0.2) is 8.78 Å². The first-order valence-corrected chi connectivity index (χ1v) is 12.2. The Kier molecular flexibility index (Phi) is 6.35. The molecular weight excluding hydrogens is 450 g/mol. The summed E-state index contributed by atoms with van der Waals surface area (Å²) in [5.74, 6) is -2.19. The predicted octanol–water partition coefficient (Wildman–Crippen LogP) is 4.01. The summed E-state index contributed by atoms with van der Waals surface area (Å²) in [6, 6.07) is 9.86. The Balaban J connectivity index is 1.36. The molecule has 2 fully saturated rings. The minimum atomic E-state index is -2.63. The SMILES string of the molecule is CC1CN(c2nnc(-c3ccc(CN)cc3)c3ccncc23)CCN1C(=O)C1CCC(F)(F)CC1. The van der Waals surface area contributed by atoms with Crippen LogP contribution in [0, 0.1) is 5.92 Å². The van der Waals surface area contributed by atoms with Crippen LogP contribution in [0.3, 0.4) is 0 Å². The number of nitrogens with two attached hydrogens (primary N) is 1. The number of hydrogen-bond acceptors (Lipinski definition) is 6. The molecule has 1 aliphatic heterocycles. The lowest BCUT2D eigenvalue weighted by atomic mass is 9.85. The van der Waals surface area contributed by atoms with Gasteiger partial charge in [0.2, 0.25) is 11.8 Å². The molecule has 1 unspecified atom stereocenters. The number of hydrogen-bond donors (Lipinski definition) is 1. The minimum Gasteiger partial charge on any atom is -0.351 e. The van der Waals surface area contributed by atoms with Crippen molar-refractivity contribution in [3.05, 3.63) is 48.3 Å². The van der Waals surface area contributed by atoms with Crippen molar-refractivity contribution in [2.24, 2.45) is 11.7 Å². The Morgan fingerprint density at radius 1 is 1.09 bits per heavy atom. The number of amides is 1. The van der Waals surface area contributed by atoms with E-state index >= 15 is 0 Å². The van der Waals surface area contributed by atoms with Crippen molar-refractivity contribution in [2.45, 2.75) is 51.1 Å². The molecule has 184 valence electrons. The Morgan fingerprint density at radius 2 is 1.83 bits per heavy atom. The summed E-state index contributed by atoms with van der Waals surface area (Å²) < 4.78 is 27.1. The Morgan fingerprint density at radius 3 is 2.51 bits per heavy atom. The molecule has 1 aliphatic carbocycles. The maximum absolute atomic E-state index is 13.5. The molecule has 0 spiro atoms. The Bertz CT molecular complexity index is 1210. The monoisotopic (exact) mass is 480 g/mol. The summed E-state index contributed by atoms with van der Waals surface area (Å²) in [5, 5.41) is 11.0. The minimum absolute atomic E-state index is 0.00142. The van der Waals surface area contributed by atoms with Crippen LogP contribution in [0.15, 0.2) is 42.7 Å². The number of alkyl halides is 2. The van der Waals surface area contributed by atoms with Crippen LogP contribution in [0.2, 0.25) is 0 Å². The lowest BCUT2D eigenvalue weighted by molar-refractivity contribution is -0.142. The van der Waals surface area contributed by atoms with Crippen LogP contribution in [0.25, 0.3) is 22.0 Å². The van der Waals surface area contributed by atoms with E-state index in [1.165, 1.54) is 0 Å². The van der Waals surface area contributed by atoms with Gasteiger partial charge in [0.05, 0.1) is 0 Å².